The maximum absolute atomic E-state index is 5.76. The Balaban J connectivity index is 2.25. The fourth-order valence-corrected chi connectivity index (χ4v) is 1.97. The first-order valence-corrected chi connectivity index (χ1v) is 6.73. The van der Waals surface area contributed by atoms with Gasteiger partial charge in [-0.05, 0) is 33.8 Å². The molecular weight excluding hydrogens is 290 g/mol. The van der Waals surface area contributed by atoms with Gasteiger partial charge in [0.05, 0.1) is 4.47 Å². The number of halogens is 1. The van der Waals surface area contributed by atoms with E-state index in [0.29, 0.717) is 17.6 Å². The summed E-state index contributed by atoms with van der Waals surface area (Å²) >= 11 is 3.29. The summed E-state index contributed by atoms with van der Waals surface area (Å²) in [4.78, 5) is 8.52. The number of nitrogens with zero attached hydrogens (tertiary/aromatic N) is 2. The average molecular weight is 306 g/mol. The molecule has 0 unspecified atom stereocenters. The second-order valence-corrected chi connectivity index (χ2v) is 5.58. The lowest BCUT2D eigenvalue weighted by atomic mass is 10.0. The van der Waals surface area contributed by atoms with Crippen LogP contribution in [0.4, 0.5) is 5.82 Å². The molecule has 2 N–H and O–H groups in total. The molecule has 0 atom stereocenters. The van der Waals surface area contributed by atoms with Crippen LogP contribution in [0.5, 0.6) is 0 Å². The summed E-state index contributed by atoms with van der Waals surface area (Å²) in [5.41, 5.74) is 8.08. The lowest BCUT2D eigenvalue weighted by molar-refractivity contribution is 0.647. The fourth-order valence-electron chi connectivity index (χ4n) is 1.78. The van der Waals surface area contributed by atoms with Crippen molar-refractivity contribution in [1.29, 1.82) is 0 Å². The van der Waals surface area contributed by atoms with Gasteiger partial charge < -0.3 is 5.73 Å². The number of hydrogen-bond acceptors (Lipinski definition) is 3. The van der Waals surface area contributed by atoms with Crippen molar-refractivity contribution in [2.75, 3.05) is 5.73 Å². The highest BCUT2D eigenvalue weighted by Crippen LogP contribution is 2.21. The SMILES string of the molecule is CC(C)Cc1ccc(-c2ncc(Br)c(N)n2)cc1. The first-order valence-electron chi connectivity index (χ1n) is 5.93. The van der Waals surface area contributed by atoms with Crippen molar-refractivity contribution < 1.29 is 0 Å². The van der Waals surface area contributed by atoms with Crippen molar-refractivity contribution in [3.8, 4) is 11.4 Å². The summed E-state index contributed by atoms with van der Waals surface area (Å²) in [6, 6.07) is 8.33. The Kier molecular flexibility index (Phi) is 3.97. The molecule has 1 aromatic heterocycles. The third-order valence-corrected chi connectivity index (χ3v) is 3.24. The van der Waals surface area contributed by atoms with Crippen LogP contribution in [0.15, 0.2) is 34.9 Å². The van der Waals surface area contributed by atoms with Crippen molar-refractivity contribution in [1.82, 2.24) is 9.97 Å². The van der Waals surface area contributed by atoms with Crippen molar-refractivity contribution in [3.05, 3.63) is 40.5 Å². The Hall–Kier alpha value is -1.42. The molecule has 1 aromatic carbocycles. The molecule has 0 spiro atoms. The molecule has 0 saturated carbocycles. The minimum absolute atomic E-state index is 0.464. The highest BCUT2D eigenvalue weighted by Gasteiger charge is 2.05. The Bertz CT molecular complexity index is 535. The molecule has 18 heavy (non-hydrogen) atoms. The van der Waals surface area contributed by atoms with E-state index in [1.54, 1.807) is 6.20 Å². The first kappa shape index (κ1) is 13.0. The number of aromatic nitrogens is 2. The van der Waals surface area contributed by atoms with Crippen LogP contribution in [-0.2, 0) is 6.42 Å². The van der Waals surface area contributed by atoms with Gasteiger partial charge in [-0.3, -0.25) is 0 Å². The van der Waals surface area contributed by atoms with E-state index in [2.05, 4.69) is 51.9 Å². The van der Waals surface area contributed by atoms with Crippen molar-refractivity contribution in [2.45, 2.75) is 20.3 Å². The largest absolute Gasteiger partial charge is 0.383 e. The van der Waals surface area contributed by atoms with Crippen LogP contribution >= 0.6 is 15.9 Å². The summed E-state index contributed by atoms with van der Waals surface area (Å²) in [6.45, 7) is 4.43. The number of nitrogen functional groups attached to an aromatic ring is 1. The number of nitrogens with two attached hydrogens (primary N) is 1. The summed E-state index contributed by atoms with van der Waals surface area (Å²) in [6.07, 6.45) is 2.77. The second kappa shape index (κ2) is 5.48. The van der Waals surface area contributed by atoms with Gasteiger partial charge in [0.15, 0.2) is 5.82 Å². The van der Waals surface area contributed by atoms with Gasteiger partial charge in [0.1, 0.15) is 5.82 Å². The summed E-state index contributed by atoms with van der Waals surface area (Å²) in [5, 5.41) is 0. The minimum Gasteiger partial charge on any atom is -0.383 e. The molecule has 1 heterocycles. The topological polar surface area (TPSA) is 51.8 Å². The lowest BCUT2D eigenvalue weighted by Gasteiger charge is -2.06. The number of anilines is 1. The van der Waals surface area contributed by atoms with Gasteiger partial charge in [-0.2, -0.15) is 0 Å². The Morgan fingerprint density at radius 1 is 1.22 bits per heavy atom. The highest BCUT2D eigenvalue weighted by molar-refractivity contribution is 9.10. The number of rotatable bonds is 3. The van der Waals surface area contributed by atoms with Gasteiger partial charge >= 0.3 is 0 Å². The molecular formula is C14H16BrN3. The van der Waals surface area contributed by atoms with Crippen LogP contribution in [0.2, 0.25) is 0 Å². The molecule has 0 aliphatic heterocycles. The van der Waals surface area contributed by atoms with E-state index in [0.717, 1.165) is 16.5 Å². The van der Waals surface area contributed by atoms with Crippen LogP contribution in [0.1, 0.15) is 19.4 Å². The van der Waals surface area contributed by atoms with E-state index >= 15 is 0 Å². The number of benzene rings is 1. The maximum Gasteiger partial charge on any atom is 0.161 e. The van der Waals surface area contributed by atoms with Crippen molar-refractivity contribution >= 4 is 21.7 Å². The third-order valence-electron chi connectivity index (χ3n) is 2.63. The smallest absolute Gasteiger partial charge is 0.161 e. The average Bonchev–Trinajstić information content (AvgIpc) is 2.33. The quantitative estimate of drug-likeness (QED) is 0.941. The third kappa shape index (κ3) is 3.07. The monoisotopic (exact) mass is 305 g/mol. The lowest BCUT2D eigenvalue weighted by Crippen LogP contribution is -1.97. The predicted molar refractivity (Wildman–Crippen MR) is 78.1 cm³/mol. The van der Waals surface area contributed by atoms with Gasteiger partial charge in [-0.25, -0.2) is 9.97 Å². The molecule has 0 aliphatic carbocycles. The summed E-state index contributed by atoms with van der Waals surface area (Å²) in [7, 11) is 0. The first-order chi connectivity index (χ1) is 8.56. The summed E-state index contributed by atoms with van der Waals surface area (Å²) in [5.74, 6) is 1.79. The van der Waals surface area contributed by atoms with Gasteiger partial charge in [0.25, 0.3) is 0 Å². The van der Waals surface area contributed by atoms with E-state index < -0.39 is 0 Å². The van der Waals surface area contributed by atoms with Crippen LogP contribution in [0.3, 0.4) is 0 Å². The van der Waals surface area contributed by atoms with Crippen LogP contribution < -0.4 is 5.73 Å². The van der Waals surface area contributed by atoms with Crippen LogP contribution in [0, 0.1) is 5.92 Å². The zero-order valence-electron chi connectivity index (χ0n) is 10.5. The summed E-state index contributed by atoms with van der Waals surface area (Å²) < 4.78 is 0.725. The van der Waals surface area contributed by atoms with E-state index in [1.807, 2.05) is 12.1 Å². The van der Waals surface area contributed by atoms with Crippen LogP contribution in [0.25, 0.3) is 11.4 Å². The normalized spacial score (nSPS) is 10.9. The molecule has 0 aliphatic rings. The molecule has 2 aromatic rings. The van der Waals surface area contributed by atoms with Gasteiger partial charge in [0, 0.05) is 11.8 Å². The predicted octanol–water partition coefficient (Wildman–Crippen LogP) is 3.69. The van der Waals surface area contributed by atoms with E-state index in [9.17, 15) is 0 Å². The van der Waals surface area contributed by atoms with Crippen molar-refractivity contribution in [2.24, 2.45) is 5.92 Å². The number of hydrogen-bond donors (Lipinski definition) is 1. The minimum atomic E-state index is 0.464. The van der Waals surface area contributed by atoms with E-state index in [-0.39, 0.29) is 0 Å². The highest BCUT2D eigenvalue weighted by atomic mass is 79.9. The Morgan fingerprint density at radius 3 is 2.44 bits per heavy atom. The molecule has 3 nitrogen and oxygen atoms in total. The van der Waals surface area contributed by atoms with Gasteiger partial charge in [-0.15, -0.1) is 0 Å². The Labute approximate surface area is 116 Å². The molecule has 0 saturated heterocycles. The molecule has 0 amide bonds. The molecule has 4 heteroatoms. The molecule has 94 valence electrons. The van der Waals surface area contributed by atoms with Crippen molar-refractivity contribution in [3.63, 3.8) is 0 Å². The second-order valence-electron chi connectivity index (χ2n) is 4.72. The van der Waals surface area contributed by atoms with E-state index in [4.69, 9.17) is 5.73 Å². The zero-order chi connectivity index (χ0) is 13.1. The van der Waals surface area contributed by atoms with E-state index in [1.165, 1.54) is 5.56 Å². The zero-order valence-corrected chi connectivity index (χ0v) is 12.1. The van der Waals surface area contributed by atoms with Gasteiger partial charge in [-0.1, -0.05) is 38.1 Å². The maximum atomic E-state index is 5.76. The van der Waals surface area contributed by atoms with Crippen LogP contribution in [-0.4, -0.2) is 9.97 Å². The molecule has 0 radical (unpaired) electrons. The standard InChI is InChI=1S/C14H16BrN3/c1-9(2)7-10-3-5-11(6-4-10)14-17-8-12(15)13(16)18-14/h3-6,8-9H,7H2,1-2H3,(H2,16,17,18). The molecule has 0 bridgehead atoms. The molecule has 0 fully saturated rings. The Morgan fingerprint density at radius 2 is 1.89 bits per heavy atom. The van der Waals surface area contributed by atoms with Gasteiger partial charge in [0.2, 0.25) is 0 Å². The fraction of sp³-hybridized carbons (Fsp3) is 0.286. The molecule has 2 rings (SSSR count).